The minimum atomic E-state index is -0.636. The fourth-order valence-electron chi connectivity index (χ4n) is 4.49. The Bertz CT molecular complexity index is 1100. The molecule has 5 rings (SSSR count). The number of hydrogen-bond donors (Lipinski definition) is 2. The molecule has 8 nitrogen and oxygen atoms in total. The highest BCUT2D eigenvalue weighted by Crippen LogP contribution is 2.33. The largest absolute Gasteiger partial charge is 0.340 e. The van der Waals surface area contributed by atoms with Crippen LogP contribution in [0.2, 0.25) is 0 Å². The van der Waals surface area contributed by atoms with Crippen molar-refractivity contribution in [2.75, 3.05) is 31.1 Å². The van der Waals surface area contributed by atoms with Gasteiger partial charge in [-0.3, -0.25) is 14.8 Å². The third-order valence-corrected chi connectivity index (χ3v) is 6.05. The molecule has 3 aromatic rings. The molecule has 2 amide bonds. The molecule has 2 fully saturated rings. The molecule has 0 saturated carbocycles. The third kappa shape index (κ3) is 3.25. The number of nitrogens with one attached hydrogen (secondary N) is 1. The van der Waals surface area contributed by atoms with Crippen molar-refractivity contribution in [3.05, 3.63) is 66.0 Å². The van der Waals surface area contributed by atoms with Crippen molar-refractivity contribution in [2.24, 2.45) is 11.8 Å². The predicted molar refractivity (Wildman–Crippen MR) is 110 cm³/mol. The van der Waals surface area contributed by atoms with Crippen molar-refractivity contribution in [1.82, 2.24) is 20.3 Å². The van der Waals surface area contributed by atoms with Gasteiger partial charge in [0.25, 0.3) is 11.8 Å². The maximum Gasteiger partial charge on any atom is 0.277 e. The second-order valence-electron chi connectivity index (χ2n) is 7.91. The van der Waals surface area contributed by atoms with E-state index < -0.39 is 5.91 Å². The number of fused-ring (bicyclic) bond motifs is 2. The summed E-state index contributed by atoms with van der Waals surface area (Å²) in [6.07, 6.45) is 2.80. The number of hydroxylamine groups is 1. The van der Waals surface area contributed by atoms with Crippen molar-refractivity contribution in [1.29, 1.82) is 0 Å². The zero-order valence-electron chi connectivity index (χ0n) is 16.2. The van der Waals surface area contributed by atoms with Gasteiger partial charge in [0.2, 0.25) is 5.95 Å². The average Bonchev–Trinajstić information content (AvgIpc) is 3.37. The first-order valence-electron chi connectivity index (χ1n) is 9.92. The van der Waals surface area contributed by atoms with Gasteiger partial charge in [-0.1, -0.05) is 30.3 Å². The molecular weight excluding hydrogens is 382 g/mol. The van der Waals surface area contributed by atoms with Crippen LogP contribution in [0.3, 0.4) is 0 Å². The number of nitrogens with zero attached hydrogens (tertiary/aromatic N) is 4. The molecule has 2 N–H and O–H groups in total. The molecule has 0 spiro atoms. The van der Waals surface area contributed by atoms with Gasteiger partial charge in [0.1, 0.15) is 0 Å². The van der Waals surface area contributed by atoms with Gasteiger partial charge in [-0.05, 0) is 22.9 Å². The number of likely N-dealkylation sites (tertiary alicyclic amines) is 1. The first kappa shape index (κ1) is 18.5. The number of rotatable bonds is 3. The fraction of sp³-hybridized carbons (Fsp3) is 0.273. The normalized spacial score (nSPS) is 20.4. The van der Waals surface area contributed by atoms with E-state index in [9.17, 15) is 9.59 Å². The monoisotopic (exact) mass is 403 g/mol. The van der Waals surface area contributed by atoms with Crippen LogP contribution in [0.25, 0.3) is 10.8 Å². The second kappa shape index (κ2) is 7.38. The maximum atomic E-state index is 13.0. The number of anilines is 1. The highest BCUT2D eigenvalue weighted by Gasteiger charge is 2.42. The number of amides is 2. The van der Waals surface area contributed by atoms with Gasteiger partial charge in [0, 0.05) is 56.0 Å². The van der Waals surface area contributed by atoms with Crippen LogP contribution in [0.4, 0.5) is 5.95 Å². The molecule has 1 aromatic heterocycles. The van der Waals surface area contributed by atoms with Crippen LogP contribution >= 0.6 is 0 Å². The number of benzene rings is 2. The lowest BCUT2D eigenvalue weighted by molar-refractivity contribution is 0.0705. The Morgan fingerprint density at radius 1 is 0.900 bits per heavy atom. The van der Waals surface area contributed by atoms with Gasteiger partial charge in [0.05, 0.1) is 5.56 Å². The van der Waals surface area contributed by atoms with Crippen LogP contribution in [0.5, 0.6) is 0 Å². The van der Waals surface area contributed by atoms with E-state index in [4.69, 9.17) is 5.21 Å². The van der Waals surface area contributed by atoms with Crippen LogP contribution in [-0.2, 0) is 0 Å². The third-order valence-electron chi connectivity index (χ3n) is 6.05. The van der Waals surface area contributed by atoms with E-state index in [1.165, 1.54) is 12.4 Å². The Hall–Kier alpha value is -3.52. The maximum absolute atomic E-state index is 13.0. The summed E-state index contributed by atoms with van der Waals surface area (Å²) in [4.78, 5) is 37.0. The van der Waals surface area contributed by atoms with E-state index in [0.717, 1.165) is 42.5 Å². The minimum absolute atomic E-state index is 0.0809. The number of hydrogen-bond acceptors (Lipinski definition) is 6. The molecule has 152 valence electrons. The molecule has 1 unspecified atom stereocenters. The van der Waals surface area contributed by atoms with Crippen LogP contribution < -0.4 is 10.4 Å². The van der Waals surface area contributed by atoms with E-state index >= 15 is 0 Å². The first-order chi connectivity index (χ1) is 14.6. The molecule has 8 heteroatoms. The Balaban J connectivity index is 1.25. The molecule has 2 aliphatic heterocycles. The first-order valence-corrected chi connectivity index (χ1v) is 9.92. The zero-order chi connectivity index (χ0) is 20.7. The van der Waals surface area contributed by atoms with Crippen molar-refractivity contribution in [2.45, 2.75) is 0 Å². The Morgan fingerprint density at radius 3 is 2.23 bits per heavy atom. The van der Waals surface area contributed by atoms with Gasteiger partial charge in [0.15, 0.2) is 0 Å². The lowest BCUT2D eigenvalue weighted by atomic mass is 10.0. The molecule has 2 atom stereocenters. The Kier molecular flexibility index (Phi) is 4.55. The second-order valence-corrected chi connectivity index (χ2v) is 7.91. The van der Waals surface area contributed by atoms with Gasteiger partial charge in [-0.2, -0.15) is 0 Å². The van der Waals surface area contributed by atoms with Crippen molar-refractivity contribution >= 4 is 28.5 Å². The van der Waals surface area contributed by atoms with Crippen molar-refractivity contribution < 1.29 is 14.8 Å². The molecule has 2 aliphatic rings. The van der Waals surface area contributed by atoms with Crippen LogP contribution in [0.1, 0.15) is 20.7 Å². The lowest BCUT2D eigenvalue weighted by Crippen LogP contribution is -2.33. The van der Waals surface area contributed by atoms with E-state index in [0.29, 0.717) is 17.8 Å². The highest BCUT2D eigenvalue weighted by molar-refractivity contribution is 5.98. The number of carbonyl (C=O) groups is 2. The van der Waals surface area contributed by atoms with Gasteiger partial charge in [-0.25, -0.2) is 15.4 Å². The van der Waals surface area contributed by atoms with Gasteiger partial charge >= 0.3 is 0 Å². The summed E-state index contributed by atoms with van der Waals surface area (Å²) in [6.45, 7) is 2.99. The smallest absolute Gasteiger partial charge is 0.277 e. The van der Waals surface area contributed by atoms with E-state index in [1.807, 2.05) is 47.4 Å². The van der Waals surface area contributed by atoms with E-state index in [1.54, 1.807) is 5.48 Å². The summed E-state index contributed by atoms with van der Waals surface area (Å²) in [5, 5.41) is 10.9. The summed E-state index contributed by atoms with van der Waals surface area (Å²) >= 11 is 0. The van der Waals surface area contributed by atoms with Crippen LogP contribution in [0.15, 0.2) is 54.9 Å². The average molecular weight is 403 g/mol. The molecule has 0 bridgehead atoms. The van der Waals surface area contributed by atoms with E-state index in [2.05, 4.69) is 14.9 Å². The standard InChI is InChI=1S/C22H21N5O3/c28-20(25-30)17-8-23-22(24-9-17)27-12-18-10-26(11-19(18)13-27)21(29)16-6-5-14-3-1-2-4-15(14)7-16/h1-9,18-19,30H,10-13H2,(H,25,28)/t18-,19?/m0/s1. The highest BCUT2D eigenvalue weighted by atomic mass is 16.5. The molecule has 2 saturated heterocycles. The topological polar surface area (TPSA) is 98.7 Å². The minimum Gasteiger partial charge on any atom is -0.340 e. The molecule has 0 aliphatic carbocycles. The summed E-state index contributed by atoms with van der Waals surface area (Å²) in [7, 11) is 0. The Labute approximate surface area is 173 Å². The number of aromatic nitrogens is 2. The predicted octanol–water partition coefficient (Wildman–Crippen LogP) is 1.96. The molecule has 3 heterocycles. The molecule has 30 heavy (non-hydrogen) atoms. The van der Waals surface area contributed by atoms with E-state index in [-0.39, 0.29) is 11.5 Å². The summed E-state index contributed by atoms with van der Waals surface area (Å²) < 4.78 is 0. The summed E-state index contributed by atoms with van der Waals surface area (Å²) in [5.41, 5.74) is 2.50. The fourth-order valence-corrected chi connectivity index (χ4v) is 4.49. The van der Waals surface area contributed by atoms with Crippen LogP contribution in [-0.4, -0.2) is 58.1 Å². The molecular formula is C22H21N5O3. The quantitative estimate of drug-likeness (QED) is 0.512. The SMILES string of the molecule is O=C(NO)c1cnc(N2CC3CN(C(=O)c4ccc5ccccc5c4)C[C@H]3C2)nc1. The molecule has 0 radical (unpaired) electrons. The summed E-state index contributed by atoms with van der Waals surface area (Å²) in [5.74, 6) is 0.753. The zero-order valence-corrected chi connectivity index (χ0v) is 16.2. The van der Waals surface area contributed by atoms with Crippen LogP contribution in [0, 0.1) is 11.8 Å². The summed E-state index contributed by atoms with van der Waals surface area (Å²) in [6, 6.07) is 13.9. The Morgan fingerprint density at radius 2 is 1.57 bits per heavy atom. The number of carbonyl (C=O) groups excluding carboxylic acids is 2. The molecule has 2 aromatic carbocycles. The lowest BCUT2D eigenvalue weighted by Gasteiger charge is -2.22. The van der Waals surface area contributed by atoms with Crippen molar-refractivity contribution in [3.63, 3.8) is 0 Å². The van der Waals surface area contributed by atoms with Gasteiger partial charge in [-0.15, -0.1) is 0 Å². The van der Waals surface area contributed by atoms with Crippen molar-refractivity contribution in [3.8, 4) is 0 Å². The van der Waals surface area contributed by atoms with Gasteiger partial charge < -0.3 is 9.80 Å².